The molecule has 10 aromatic rings. The fourth-order valence-corrected chi connectivity index (χ4v) is 11.1. The third kappa shape index (κ3) is 9.16. The molecule has 9 aromatic carbocycles. The van der Waals surface area contributed by atoms with Gasteiger partial charge in [-0.15, -0.1) is 0 Å². The van der Waals surface area contributed by atoms with Crippen LogP contribution in [-0.2, 0) is 21.7 Å². The average molecular weight is 941 g/mol. The van der Waals surface area contributed by atoms with E-state index in [1.165, 1.54) is 66.8 Å². The molecule has 360 valence electrons. The molecule has 0 N–H and O–H groups in total. The van der Waals surface area contributed by atoms with Gasteiger partial charge in [0, 0.05) is 20.6 Å². The summed E-state index contributed by atoms with van der Waals surface area (Å²) in [6.45, 7) is 25.2. The van der Waals surface area contributed by atoms with E-state index in [0.29, 0.717) is 11.3 Å². The maximum Gasteiger partial charge on any atom is 0.0541 e. The minimum Gasteiger partial charge on any atom is -0.309 e. The standard InChI is InChI=1S/C71H71N/c1-46-24-14-23-33-65(46)72-66-36-34-47(49-38-51(55-25-15-19-29-61(55)68(2,3)4)42-52(39-49)56-26-16-20-30-62(56)69(5,6)7)44-59(66)60-45-48(35-37-67(60)72)50-40-53(57-27-17-21-31-63(57)70(8,9)10)43-54(41-50)58-28-18-22-32-64(58)71(11,12)13/h14-45H,1-13H3/i1D3. The van der Waals surface area contributed by atoms with Gasteiger partial charge in [-0.25, -0.2) is 0 Å². The molecule has 0 aliphatic heterocycles. The summed E-state index contributed by atoms with van der Waals surface area (Å²) < 4.78 is 28.3. The van der Waals surface area contributed by atoms with Crippen molar-refractivity contribution in [2.45, 2.75) is 112 Å². The lowest BCUT2D eigenvalue weighted by Crippen LogP contribution is -2.13. The number of aryl methyl sites for hydroxylation is 1. The van der Waals surface area contributed by atoms with Gasteiger partial charge in [-0.3, -0.25) is 0 Å². The Kier molecular flexibility index (Phi) is 11.3. The Hall–Kier alpha value is -7.22. The van der Waals surface area contributed by atoms with Crippen molar-refractivity contribution in [2.75, 3.05) is 0 Å². The quantitative estimate of drug-likeness (QED) is 0.150. The third-order valence-electron chi connectivity index (χ3n) is 14.6. The number of benzene rings is 9. The summed E-state index contributed by atoms with van der Waals surface area (Å²) in [5.74, 6) is 0. The van der Waals surface area contributed by atoms with Crippen molar-refractivity contribution >= 4 is 21.8 Å². The molecule has 1 aromatic heterocycles. The maximum atomic E-state index is 8.72. The molecule has 0 spiro atoms. The van der Waals surface area contributed by atoms with Crippen LogP contribution in [0.15, 0.2) is 194 Å². The first-order valence-corrected chi connectivity index (χ1v) is 25.7. The second-order valence-electron chi connectivity index (χ2n) is 24.1. The molecule has 0 aliphatic carbocycles. The molecule has 0 bridgehead atoms. The zero-order valence-electron chi connectivity index (χ0n) is 47.4. The monoisotopic (exact) mass is 941 g/mol. The average Bonchev–Trinajstić information content (AvgIpc) is 3.70. The predicted molar refractivity (Wildman–Crippen MR) is 313 cm³/mol. The zero-order chi connectivity index (χ0) is 53.4. The molecule has 10 rings (SSSR count). The van der Waals surface area contributed by atoms with E-state index in [0.717, 1.165) is 44.1 Å². The molecular weight excluding hydrogens is 867 g/mol. The van der Waals surface area contributed by atoms with Gasteiger partial charge >= 0.3 is 0 Å². The van der Waals surface area contributed by atoms with Crippen molar-refractivity contribution in [1.29, 1.82) is 0 Å². The number of aromatic nitrogens is 1. The highest BCUT2D eigenvalue weighted by Gasteiger charge is 2.25. The molecule has 0 radical (unpaired) electrons. The van der Waals surface area contributed by atoms with E-state index >= 15 is 0 Å². The Bertz CT molecular complexity index is 3420. The minimum absolute atomic E-state index is 0.0776. The number of rotatable bonds is 7. The van der Waals surface area contributed by atoms with E-state index in [9.17, 15) is 0 Å². The summed E-state index contributed by atoms with van der Waals surface area (Å²) >= 11 is 0. The molecule has 0 amide bonds. The Balaban J connectivity index is 1.27. The molecule has 1 heteroatoms. The van der Waals surface area contributed by atoms with E-state index in [4.69, 9.17) is 4.11 Å². The fraction of sp³-hybridized carbons (Fsp3) is 0.239. The van der Waals surface area contributed by atoms with Crippen LogP contribution >= 0.6 is 0 Å². The molecule has 1 heterocycles. The summed E-state index contributed by atoms with van der Waals surface area (Å²) in [7, 11) is 0. The van der Waals surface area contributed by atoms with E-state index < -0.39 is 6.85 Å². The summed E-state index contributed by atoms with van der Waals surface area (Å²) in [5.41, 5.74) is 21.7. The first-order chi connectivity index (χ1) is 35.4. The molecule has 0 unspecified atom stereocenters. The predicted octanol–water partition coefficient (Wildman–Crippen LogP) is 20.3. The van der Waals surface area contributed by atoms with Crippen molar-refractivity contribution < 1.29 is 4.11 Å². The first kappa shape index (κ1) is 44.7. The van der Waals surface area contributed by atoms with Crippen LogP contribution in [0.3, 0.4) is 0 Å². The number of fused-ring (bicyclic) bond motifs is 3. The molecular formula is C71H71N. The summed E-state index contributed by atoms with van der Waals surface area (Å²) in [6, 6.07) is 70.6. The van der Waals surface area contributed by atoms with Crippen LogP contribution in [-0.4, -0.2) is 4.57 Å². The Morgan fingerprint density at radius 3 is 0.903 bits per heavy atom. The van der Waals surface area contributed by atoms with Gasteiger partial charge in [0.25, 0.3) is 0 Å². The topological polar surface area (TPSA) is 4.93 Å². The number of hydrogen-bond acceptors (Lipinski definition) is 0. The number of para-hydroxylation sites is 1. The Morgan fingerprint density at radius 1 is 0.292 bits per heavy atom. The maximum absolute atomic E-state index is 8.72. The molecule has 1 nitrogen and oxygen atoms in total. The van der Waals surface area contributed by atoms with Crippen molar-refractivity contribution in [2.24, 2.45) is 0 Å². The van der Waals surface area contributed by atoms with Gasteiger partial charge in [-0.2, -0.15) is 0 Å². The minimum atomic E-state index is -2.33. The highest BCUT2D eigenvalue weighted by atomic mass is 15.0. The fourth-order valence-electron chi connectivity index (χ4n) is 11.1. The number of hydrogen-bond donors (Lipinski definition) is 0. The van der Waals surface area contributed by atoms with Gasteiger partial charge in [0.1, 0.15) is 0 Å². The summed E-state index contributed by atoms with van der Waals surface area (Å²) in [5, 5.41) is 2.10. The van der Waals surface area contributed by atoms with Crippen molar-refractivity contribution in [1.82, 2.24) is 4.57 Å². The van der Waals surface area contributed by atoms with E-state index in [1.807, 2.05) is 18.2 Å². The molecule has 0 aliphatic rings. The number of nitrogens with zero attached hydrogens (tertiary/aromatic N) is 1. The van der Waals surface area contributed by atoms with Crippen LogP contribution in [0.25, 0.3) is 94.3 Å². The molecule has 0 fully saturated rings. The van der Waals surface area contributed by atoms with Crippen LogP contribution in [0, 0.1) is 6.85 Å². The van der Waals surface area contributed by atoms with E-state index in [1.54, 1.807) is 6.07 Å². The van der Waals surface area contributed by atoms with Crippen LogP contribution in [0.5, 0.6) is 0 Å². The highest BCUT2D eigenvalue weighted by molar-refractivity contribution is 6.12. The molecule has 72 heavy (non-hydrogen) atoms. The Morgan fingerprint density at radius 2 is 0.583 bits per heavy atom. The highest BCUT2D eigenvalue weighted by Crippen LogP contribution is 2.45. The zero-order valence-corrected chi connectivity index (χ0v) is 44.4. The second kappa shape index (κ2) is 18.1. The lowest BCUT2D eigenvalue weighted by Gasteiger charge is -2.25. The lowest BCUT2D eigenvalue weighted by molar-refractivity contribution is 0.591. The largest absolute Gasteiger partial charge is 0.309 e. The third-order valence-corrected chi connectivity index (χ3v) is 14.6. The first-order valence-electron chi connectivity index (χ1n) is 27.2. The van der Waals surface area contributed by atoms with Gasteiger partial charge in [0.2, 0.25) is 0 Å². The van der Waals surface area contributed by atoms with Crippen LogP contribution in [0.1, 0.15) is 115 Å². The van der Waals surface area contributed by atoms with Gasteiger partial charge in [-0.05, 0) is 190 Å². The van der Waals surface area contributed by atoms with Crippen LogP contribution in [0.2, 0.25) is 0 Å². The van der Waals surface area contributed by atoms with E-state index in [2.05, 4.69) is 258 Å². The normalized spacial score (nSPS) is 13.3. The van der Waals surface area contributed by atoms with Crippen molar-refractivity contribution in [3.63, 3.8) is 0 Å². The van der Waals surface area contributed by atoms with Gasteiger partial charge < -0.3 is 4.57 Å². The van der Waals surface area contributed by atoms with Crippen molar-refractivity contribution in [3.8, 4) is 72.4 Å². The van der Waals surface area contributed by atoms with Gasteiger partial charge in [0.05, 0.1) is 11.0 Å². The Labute approximate surface area is 434 Å². The molecule has 0 saturated carbocycles. The molecule has 0 atom stereocenters. The van der Waals surface area contributed by atoms with Crippen LogP contribution in [0.4, 0.5) is 0 Å². The lowest BCUT2D eigenvalue weighted by atomic mass is 9.79. The summed E-state index contributed by atoms with van der Waals surface area (Å²) in [4.78, 5) is 0. The summed E-state index contributed by atoms with van der Waals surface area (Å²) in [6.07, 6.45) is 0. The van der Waals surface area contributed by atoms with Crippen molar-refractivity contribution in [3.05, 3.63) is 222 Å². The SMILES string of the molecule is [2H]C([2H])([2H])c1ccccc1-n1c2ccc(-c3cc(-c4ccccc4C(C)(C)C)cc(-c4ccccc4C(C)(C)C)c3)cc2c2cc(-c3cc(-c4ccccc4C(C)(C)C)cc(-c4ccccc4C(C)(C)C)c3)ccc21. The van der Waals surface area contributed by atoms with Gasteiger partial charge in [-0.1, -0.05) is 210 Å². The molecule has 0 saturated heterocycles. The second-order valence-corrected chi connectivity index (χ2v) is 24.1. The van der Waals surface area contributed by atoms with Gasteiger partial charge in [0.15, 0.2) is 0 Å². The van der Waals surface area contributed by atoms with Crippen LogP contribution < -0.4 is 0 Å². The smallest absolute Gasteiger partial charge is 0.0541 e. The van der Waals surface area contributed by atoms with E-state index in [-0.39, 0.29) is 21.7 Å².